The first-order valence-corrected chi connectivity index (χ1v) is 13.7. The Morgan fingerprint density at radius 1 is 0.500 bits per heavy atom. The summed E-state index contributed by atoms with van der Waals surface area (Å²) in [6.45, 7) is 13.5. The van der Waals surface area contributed by atoms with Crippen molar-refractivity contribution in [3.8, 4) is 0 Å². The lowest BCUT2D eigenvalue weighted by Crippen LogP contribution is -2.11. The van der Waals surface area contributed by atoms with Crippen molar-refractivity contribution < 1.29 is 0 Å². The van der Waals surface area contributed by atoms with Crippen LogP contribution in [0.25, 0.3) is 17.2 Å². The zero-order chi connectivity index (χ0) is 27.3. The van der Waals surface area contributed by atoms with Crippen LogP contribution >= 0.6 is 12.2 Å². The van der Waals surface area contributed by atoms with Crippen molar-refractivity contribution in [2.45, 2.75) is 52.4 Å². The first kappa shape index (κ1) is 27.5. The Morgan fingerprint density at radius 3 is 1.39 bits per heavy atom. The molecule has 0 atom stereocenters. The maximum Gasteiger partial charge on any atom is 0.0455 e. The fraction of sp³-hybridized carbons (Fsp3) is 0.216. The average Bonchev–Trinajstić information content (AvgIpc) is 2.91. The van der Waals surface area contributed by atoms with Crippen LogP contribution in [0.5, 0.6) is 0 Å². The van der Waals surface area contributed by atoms with Gasteiger partial charge in [-0.3, -0.25) is 0 Å². The van der Waals surface area contributed by atoms with Gasteiger partial charge in [-0.2, -0.15) is 0 Å². The molecule has 4 aromatic rings. The summed E-state index contributed by atoms with van der Waals surface area (Å²) >= 11 is 6.03. The standard InChI is InChI=1S/C37H38S/c1-36(2,3)31-21-17-29(18-22-31)33(25-27-13-9-7-10-14-27)34(28-15-11-8-12-16-28)26-35(38)30-19-23-32(24-20-30)37(4,5)6/h7-26H,1-6H3/b33-25+,34-26-. The number of benzene rings is 4. The van der Waals surface area contributed by atoms with Gasteiger partial charge in [-0.15, -0.1) is 0 Å². The molecule has 0 aliphatic heterocycles. The van der Waals surface area contributed by atoms with Gasteiger partial charge >= 0.3 is 0 Å². The molecule has 0 saturated heterocycles. The van der Waals surface area contributed by atoms with E-state index in [0.29, 0.717) is 0 Å². The van der Waals surface area contributed by atoms with Crippen LogP contribution in [0, 0.1) is 0 Å². The smallest absolute Gasteiger partial charge is 0.0455 e. The van der Waals surface area contributed by atoms with Crippen LogP contribution < -0.4 is 0 Å². The number of allylic oxidation sites excluding steroid dienone is 3. The molecule has 4 rings (SSSR count). The third-order valence-electron chi connectivity index (χ3n) is 6.86. The minimum Gasteiger partial charge on any atom is -0.0794 e. The van der Waals surface area contributed by atoms with Crippen molar-refractivity contribution in [1.29, 1.82) is 0 Å². The van der Waals surface area contributed by atoms with Gasteiger partial charge in [0.05, 0.1) is 0 Å². The quantitative estimate of drug-likeness (QED) is 0.0810. The fourth-order valence-corrected chi connectivity index (χ4v) is 4.72. The van der Waals surface area contributed by atoms with E-state index in [4.69, 9.17) is 12.2 Å². The molecule has 0 amide bonds. The van der Waals surface area contributed by atoms with E-state index in [-0.39, 0.29) is 10.8 Å². The molecule has 4 aromatic carbocycles. The summed E-state index contributed by atoms with van der Waals surface area (Å²) in [5.41, 5.74) is 9.62. The van der Waals surface area contributed by atoms with E-state index >= 15 is 0 Å². The molecular formula is C37H38S. The monoisotopic (exact) mass is 514 g/mol. The number of hydrogen-bond acceptors (Lipinski definition) is 1. The molecule has 38 heavy (non-hydrogen) atoms. The summed E-state index contributed by atoms with van der Waals surface area (Å²) in [7, 11) is 0. The van der Waals surface area contributed by atoms with E-state index in [2.05, 4.69) is 163 Å². The number of hydrogen-bond donors (Lipinski definition) is 0. The molecule has 0 spiro atoms. The Morgan fingerprint density at radius 2 is 0.921 bits per heavy atom. The molecule has 0 nitrogen and oxygen atoms in total. The highest BCUT2D eigenvalue weighted by atomic mass is 32.1. The van der Waals surface area contributed by atoms with Crippen molar-refractivity contribution in [1.82, 2.24) is 0 Å². The Bertz CT molecular complexity index is 1420. The van der Waals surface area contributed by atoms with Gasteiger partial charge in [0.25, 0.3) is 0 Å². The van der Waals surface area contributed by atoms with Crippen molar-refractivity contribution in [2.24, 2.45) is 0 Å². The summed E-state index contributed by atoms with van der Waals surface area (Å²) in [4.78, 5) is 0.828. The normalized spacial score (nSPS) is 12.9. The van der Waals surface area contributed by atoms with Crippen molar-refractivity contribution in [3.05, 3.63) is 149 Å². The molecule has 0 N–H and O–H groups in total. The zero-order valence-corrected chi connectivity index (χ0v) is 24.3. The topological polar surface area (TPSA) is 0 Å². The van der Waals surface area contributed by atoms with Crippen molar-refractivity contribution in [2.75, 3.05) is 0 Å². The SMILES string of the molecule is CC(C)(C)c1ccc(C(=S)/C=C(\C(=C\c2ccccc2)c2ccc(C(C)(C)C)cc2)c2ccccc2)cc1. The third-order valence-corrected chi connectivity index (χ3v) is 7.21. The minimum absolute atomic E-state index is 0.0979. The fourth-order valence-electron chi connectivity index (χ4n) is 4.47. The third kappa shape index (κ3) is 6.85. The van der Waals surface area contributed by atoms with Crippen LogP contribution in [-0.4, -0.2) is 4.86 Å². The molecule has 0 aromatic heterocycles. The molecule has 0 saturated carbocycles. The summed E-state index contributed by atoms with van der Waals surface area (Å²) in [6, 6.07) is 38.8. The molecule has 0 fully saturated rings. The molecule has 0 aliphatic rings. The Kier molecular flexibility index (Phi) is 8.29. The van der Waals surface area contributed by atoms with Gasteiger partial charge in [0.1, 0.15) is 0 Å². The van der Waals surface area contributed by atoms with Gasteiger partial charge in [0.2, 0.25) is 0 Å². The van der Waals surface area contributed by atoms with Crippen LogP contribution in [-0.2, 0) is 10.8 Å². The first-order valence-electron chi connectivity index (χ1n) is 13.3. The predicted octanol–water partition coefficient (Wildman–Crippen LogP) is 10.3. The average molecular weight is 515 g/mol. The van der Waals surface area contributed by atoms with Crippen molar-refractivity contribution >= 4 is 34.3 Å². The lowest BCUT2D eigenvalue weighted by atomic mass is 9.84. The molecule has 1 heteroatoms. The first-order chi connectivity index (χ1) is 18.0. The Balaban J connectivity index is 1.87. The lowest BCUT2D eigenvalue weighted by Gasteiger charge is -2.21. The zero-order valence-electron chi connectivity index (χ0n) is 23.5. The predicted molar refractivity (Wildman–Crippen MR) is 171 cm³/mol. The van der Waals surface area contributed by atoms with E-state index in [9.17, 15) is 0 Å². The maximum absolute atomic E-state index is 6.03. The van der Waals surface area contributed by atoms with Crippen LogP contribution in [0.4, 0.5) is 0 Å². The highest BCUT2D eigenvalue weighted by molar-refractivity contribution is 7.81. The highest BCUT2D eigenvalue weighted by Gasteiger charge is 2.17. The largest absolute Gasteiger partial charge is 0.0794 e. The van der Waals surface area contributed by atoms with Crippen LogP contribution in [0.3, 0.4) is 0 Å². The molecule has 0 radical (unpaired) electrons. The van der Waals surface area contributed by atoms with Crippen LogP contribution in [0.15, 0.2) is 115 Å². The molecular weight excluding hydrogens is 476 g/mol. The molecule has 192 valence electrons. The van der Waals surface area contributed by atoms with Gasteiger partial charge in [-0.05, 0) is 67.5 Å². The minimum atomic E-state index is 0.0979. The number of rotatable bonds is 6. The summed E-state index contributed by atoms with van der Waals surface area (Å²) < 4.78 is 0. The van der Waals surface area contributed by atoms with E-state index in [0.717, 1.165) is 32.7 Å². The summed E-state index contributed by atoms with van der Waals surface area (Å²) in [6.07, 6.45) is 4.44. The van der Waals surface area contributed by atoms with Crippen LogP contribution in [0.1, 0.15) is 74.9 Å². The van der Waals surface area contributed by atoms with Gasteiger partial charge in [-0.25, -0.2) is 0 Å². The Labute approximate surface area is 234 Å². The lowest BCUT2D eigenvalue weighted by molar-refractivity contribution is 0.590. The molecule has 0 heterocycles. The second kappa shape index (κ2) is 11.5. The van der Waals surface area contributed by atoms with Gasteiger partial charge in [0, 0.05) is 4.86 Å². The van der Waals surface area contributed by atoms with Gasteiger partial charge in [0.15, 0.2) is 0 Å². The second-order valence-electron chi connectivity index (χ2n) is 11.9. The van der Waals surface area contributed by atoms with Gasteiger partial charge < -0.3 is 0 Å². The van der Waals surface area contributed by atoms with Gasteiger partial charge in [-0.1, -0.05) is 163 Å². The van der Waals surface area contributed by atoms with Crippen molar-refractivity contribution in [3.63, 3.8) is 0 Å². The second-order valence-corrected chi connectivity index (χ2v) is 12.4. The van der Waals surface area contributed by atoms with E-state index < -0.39 is 0 Å². The maximum atomic E-state index is 6.03. The highest BCUT2D eigenvalue weighted by Crippen LogP contribution is 2.35. The molecule has 0 unspecified atom stereocenters. The van der Waals surface area contributed by atoms with E-state index in [1.165, 1.54) is 16.7 Å². The summed E-state index contributed by atoms with van der Waals surface area (Å²) in [5, 5.41) is 0. The Hall–Kier alpha value is -3.55. The molecule has 0 aliphatic carbocycles. The molecule has 0 bridgehead atoms. The van der Waals surface area contributed by atoms with Crippen LogP contribution in [0.2, 0.25) is 0 Å². The summed E-state index contributed by atoms with van der Waals surface area (Å²) in [5.74, 6) is 0. The van der Waals surface area contributed by atoms with E-state index in [1.54, 1.807) is 0 Å². The van der Waals surface area contributed by atoms with E-state index in [1.807, 2.05) is 0 Å². The number of thiocarbonyl (C=S) groups is 1.